The number of halogens is 1. The van der Waals surface area contributed by atoms with E-state index < -0.39 is 15.4 Å². The standard InChI is InChI=1S/C27H35FN2O5S2/c1-5-7-8-21-17-30(20-11-9-19(28)10-12-20)22-15-24(36-4)23(16-25(22)37(32,33)29(21)3)35-18-27(13-14-27)26(31)34-6-2/h9-12,15-16,21H,5-8,13-14,17-18H2,1-4H3. The third-order valence-corrected chi connectivity index (χ3v) is 9.89. The second-order valence-corrected chi connectivity index (χ2v) is 12.5. The van der Waals surface area contributed by atoms with Crippen LogP contribution in [0, 0.1) is 11.2 Å². The second-order valence-electron chi connectivity index (χ2n) is 9.66. The van der Waals surface area contributed by atoms with E-state index in [-0.39, 0.29) is 29.3 Å². The Morgan fingerprint density at radius 1 is 1.19 bits per heavy atom. The Morgan fingerprint density at radius 2 is 1.89 bits per heavy atom. The minimum Gasteiger partial charge on any atom is -0.491 e. The minimum absolute atomic E-state index is 0.132. The molecule has 0 bridgehead atoms. The van der Waals surface area contributed by atoms with Crippen molar-refractivity contribution in [3.8, 4) is 5.75 Å². The summed E-state index contributed by atoms with van der Waals surface area (Å²) in [5.74, 6) is -0.204. The summed E-state index contributed by atoms with van der Waals surface area (Å²) in [5.41, 5.74) is 0.579. The Labute approximate surface area is 223 Å². The highest BCUT2D eigenvalue weighted by Gasteiger charge is 2.52. The number of hydrogen-bond donors (Lipinski definition) is 0. The van der Waals surface area contributed by atoms with Crippen LogP contribution in [0.2, 0.25) is 0 Å². The third kappa shape index (κ3) is 5.61. The SMILES string of the molecule is CCCCC1CN(c2ccc(F)cc2)c2cc(SC)c(OCC3(C(=O)OCC)CC3)cc2S(=O)(=O)N1C. The summed E-state index contributed by atoms with van der Waals surface area (Å²) in [7, 11) is -2.24. The van der Waals surface area contributed by atoms with Crippen molar-refractivity contribution in [3.05, 3.63) is 42.2 Å². The molecule has 1 aliphatic carbocycles. The largest absolute Gasteiger partial charge is 0.491 e. The van der Waals surface area contributed by atoms with Crippen molar-refractivity contribution in [3.63, 3.8) is 0 Å². The van der Waals surface area contributed by atoms with Crippen molar-refractivity contribution in [1.82, 2.24) is 4.31 Å². The number of esters is 1. The van der Waals surface area contributed by atoms with Gasteiger partial charge < -0.3 is 14.4 Å². The van der Waals surface area contributed by atoms with Crippen LogP contribution in [-0.2, 0) is 19.6 Å². The molecule has 1 unspecified atom stereocenters. The van der Waals surface area contributed by atoms with Crippen LogP contribution in [0.5, 0.6) is 5.75 Å². The predicted molar refractivity (Wildman–Crippen MR) is 144 cm³/mol. The fourth-order valence-electron chi connectivity index (χ4n) is 4.63. The normalized spacial score (nSPS) is 20.1. The molecule has 37 heavy (non-hydrogen) atoms. The first-order chi connectivity index (χ1) is 17.7. The van der Waals surface area contributed by atoms with Crippen LogP contribution in [0.1, 0.15) is 46.0 Å². The van der Waals surface area contributed by atoms with E-state index in [4.69, 9.17) is 9.47 Å². The first kappa shape index (κ1) is 27.7. The van der Waals surface area contributed by atoms with Crippen LogP contribution in [0.4, 0.5) is 15.8 Å². The number of carbonyl (C=O) groups excluding carboxylic acids is 1. The van der Waals surface area contributed by atoms with Gasteiger partial charge in [-0.05, 0) is 62.8 Å². The Morgan fingerprint density at radius 3 is 2.49 bits per heavy atom. The molecule has 0 N–H and O–H groups in total. The summed E-state index contributed by atoms with van der Waals surface area (Å²) in [6, 6.07) is 9.26. The van der Waals surface area contributed by atoms with Crippen molar-refractivity contribution in [2.75, 3.05) is 38.0 Å². The molecule has 1 saturated carbocycles. The topological polar surface area (TPSA) is 76.1 Å². The summed E-state index contributed by atoms with van der Waals surface area (Å²) < 4.78 is 54.3. The fourth-order valence-corrected chi connectivity index (χ4v) is 6.75. The van der Waals surface area contributed by atoms with Gasteiger partial charge in [0.25, 0.3) is 0 Å². The van der Waals surface area contributed by atoms with Gasteiger partial charge in [0.2, 0.25) is 10.0 Å². The zero-order valence-electron chi connectivity index (χ0n) is 21.8. The zero-order valence-corrected chi connectivity index (χ0v) is 23.5. The Bertz CT molecular complexity index is 1230. The monoisotopic (exact) mass is 550 g/mol. The van der Waals surface area contributed by atoms with Gasteiger partial charge in [0.1, 0.15) is 28.5 Å². The van der Waals surface area contributed by atoms with Gasteiger partial charge in [0.15, 0.2) is 0 Å². The van der Waals surface area contributed by atoms with E-state index in [0.717, 1.165) is 23.4 Å². The quantitative estimate of drug-likeness (QED) is 0.282. The maximum atomic E-state index is 13.9. The van der Waals surface area contributed by atoms with Crippen molar-refractivity contribution in [2.45, 2.75) is 61.8 Å². The Balaban J connectivity index is 1.78. The van der Waals surface area contributed by atoms with Gasteiger partial charge in [-0.25, -0.2) is 12.8 Å². The van der Waals surface area contributed by atoms with E-state index in [2.05, 4.69) is 6.92 Å². The average molecular weight is 551 g/mol. The maximum absolute atomic E-state index is 13.9. The molecule has 4 rings (SSSR count). The number of sulfonamides is 1. The number of rotatable bonds is 10. The molecule has 10 heteroatoms. The first-order valence-electron chi connectivity index (χ1n) is 12.7. The molecule has 0 radical (unpaired) electrons. The first-order valence-corrected chi connectivity index (χ1v) is 15.4. The molecule has 0 saturated heterocycles. The van der Waals surface area contributed by atoms with Crippen molar-refractivity contribution in [2.24, 2.45) is 5.41 Å². The molecule has 1 atom stereocenters. The summed E-state index contributed by atoms with van der Waals surface area (Å²) >= 11 is 1.44. The van der Waals surface area contributed by atoms with E-state index in [1.54, 1.807) is 32.2 Å². The number of carbonyl (C=O) groups is 1. The molecule has 0 amide bonds. The molecule has 2 aliphatic rings. The van der Waals surface area contributed by atoms with Gasteiger partial charge in [-0.15, -0.1) is 11.8 Å². The summed E-state index contributed by atoms with van der Waals surface area (Å²) in [4.78, 5) is 15.3. The number of anilines is 2. The summed E-state index contributed by atoms with van der Waals surface area (Å²) in [5, 5.41) is 0. The number of ether oxygens (including phenoxy) is 2. The lowest BCUT2D eigenvalue weighted by Gasteiger charge is -2.29. The second kappa shape index (κ2) is 11.2. The van der Waals surface area contributed by atoms with E-state index in [0.29, 0.717) is 43.9 Å². The molecule has 202 valence electrons. The summed E-state index contributed by atoms with van der Waals surface area (Å²) in [6.07, 6.45) is 5.81. The van der Waals surface area contributed by atoms with Crippen LogP contribution in [0.15, 0.2) is 46.2 Å². The van der Waals surface area contributed by atoms with Crippen LogP contribution in [0.3, 0.4) is 0 Å². The van der Waals surface area contributed by atoms with Crippen molar-refractivity contribution < 1.29 is 27.1 Å². The Hall–Kier alpha value is -2.30. The van der Waals surface area contributed by atoms with Gasteiger partial charge in [-0.1, -0.05) is 19.8 Å². The number of likely N-dealkylation sites (N-methyl/N-ethyl adjacent to an activating group) is 1. The molecule has 1 aliphatic heterocycles. The van der Waals surface area contributed by atoms with Crippen molar-refractivity contribution >= 4 is 39.1 Å². The van der Waals surface area contributed by atoms with Crippen LogP contribution < -0.4 is 9.64 Å². The zero-order chi connectivity index (χ0) is 26.8. The minimum atomic E-state index is -3.86. The fraction of sp³-hybridized carbons (Fsp3) is 0.519. The van der Waals surface area contributed by atoms with E-state index in [1.807, 2.05) is 17.2 Å². The predicted octanol–water partition coefficient (Wildman–Crippen LogP) is 5.60. The molecule has 0 aromatic heterocycles. The highest BCUT2D eigenvalue weighted by Crippen LogP contribution is 2.49. The molecule has 1 fully saturated rings. The van der Waals surface area contributed by atoms with Crippen LogP contribution in [0.25, 0.3) is 0 Å². The van der Waals surface area contributed by atoms with E-state index in [1.165, 1.54) is 28.2 Å². The number of nitrogens with zero attached hydrogens (tertiary/aromatic N) is 2. The van der Waals surface area contributed by atoms with E-state index >= 15 is 0 Å². The molecule has 0 spiro atoms. The highest BCUT2D eigenvalue weighted by atomic mass is 32.2. The highest BCUT2D eigenvalue weighted by molar-refractivity contribution is 7.98. The molecular weight excluding hydrogens is 515 g/mol. The van der Waals surface area contributed by atoms with Gasteiger partial charge in [0.05, 0.1) is 17.2 Å². The van der Waals surface area contributed by atoms with Gasteiger partial charge in [0, 0.05) is 31.4 Å². The van der Waals surface area contributed by atoms with E-state index in [9.17, 15) is 17.6 Å². The number of benzene rings is 2. The third-order valence-electron chi connectivity index (χ3n) is 7.20. The molecular formula is C27H35FN2O5S2. The van der Waals surface area contributed by atoms with Crippen LogP contribution >= 0.6 is 11.8 Å². The molecule has 2 aromatic rings. The number of unbranched alkanes of at least 4 members (excludes halogenated alkanes) is 1. The number of hydrogen-bond acceptors (Lipinski definition) is 7. The van der Waals surface area contributed by atoms with Gasteiger partial charge in [-0.3, -0.25) is 4.79 Å². The van der Waals surface area contributed by atoms with Crippen molar-refractivity contribution in [1.29, 1.82) is 0 Å². The lowest BCUT2D eigenvalue weighted by atomic mass is 10.1. The lowest BCUT2D eigenvalue weighted by molar-refractivity contribution is -0.150. The average Bonchev–Trinajstić information content (AvgIpc) is 3.69. The molecule has 2 aromatic carbocycles. The van der Waals surface area contributed by atoms with Gasteiger partial charge >= 0.3 is 5.97 Å². The molecule has 7 nitrogen and oxygen atoms in total. The maximum Gasteiger partial charge on any atom is 0.315 e. The Kier molecular flexibility index (Phi) is 8.40. The molecule has 1 heterocycles. The van der Waals surface area contributed by atoms with Gasteiger partial charge in [-0.2, -0.15) is 4.31 Å². The summed E-state index contributed by atoms with van der Waals surface area (Å²) in [6.45, 7) is 4.73. The lowest BCUT2D eigenvalue weighted by Crippen LogP contribution is -2.40. The van der Waals surface area contributed by atoms with Crippen LogP contribution in [-0.4, -0.2) is 57.8 Å². The number of thioether (sulfide) groups is 1. The smallest absolute Gasteiger partial charge is 0.315 e. The number of fused-ring (bicyclic) bond motifs is 1.